The van der Waals surface area contributed by atoms with Gasteiger partial charge in [0.1, 0.15) is 19.3 Å². The lowest BCUT2D eigenvalue weighted by Gasteiger charge is -2.26. The molecule has 2 rings (SSSR count). The van der Waals surface area contributed by atoms with Gasteiger partial charge in [-0.15, -0.1) is 4.37 Å². The van der Waals surface area contributed by atoms with Gasteiger partial charge in [-0.25, -0.2) is 0 Å². The van der Waals surface area contributed by atoms with Crippen molar-refractivity contribution in [1.29, 1.82) is 0 Å². The minimum atomic E-state index is -0.664. The van der Waals surface area contributed by atoms with Crippen LogP contribution in [-0.4, -0.2) is 98.2 Å². The van der Waals surface area contributed by atoms with Crippen molar-refractivity contribution < 1.29 is 28.8 Å². The molecule has 1 aliphatic rings. The summed E-state index contributed by atoms with van der Waals surface area (Å²) in [5.74, 6) is 1.25. The molecule has 0 bridgehead atoms. The third kappa shape index (κ3) is 8.76. The maximum atomic E-state index is 11.1. The lowest BCUT2D eigenvalue weighted by molar-refractivity contribution is -0.123. The SMILES string of the molecule is CCC(=O)COCCOCCNC[C@H](O)COc1nsnc1N1CCOCC1. The lowest BCUT2D eigenvalue weighted by Crippen LogP contribution is -2.37. The van der Waals surface area contributed by atoms with Crippen LogP contribution in [0.3, 0.4) is 0 Å². The highest BCUT2D eigenvalue weighted by Crippen LogP contribution is 2.26. The van der Waals surface area contributed by atoms with Crippen LogP contribution in [0.2, 0.25) is 0 Å². The molecule has 28 heavy (non-hydrogen) atoms. The van der Waals surface area contributed by atoms with Crippen LogP contribution in [-0.2, 0) is 19.0 Å². The Kier molecular flexibility index (Phi) is 11.3. The first-order valence-corrected chi connectivity index (χ1v) is 10.3. The summed E-state index contributed by atoms with van der Waals surface area (Å²) in [7, 11) is 0. The Labute approximate surface area is 169 Å². The molecule has 0 aromatic carbocycles. The molecular weight excluding hydrogens is 388 g/mol. The largest absolute Gasteiger partial charge is 0.472 e. The number of aliphatic hydroxyl groups is 1. The van der Waals surface area contributed by atoms with Gasteiger partial charge in [-0.05, 0) is 0 Å². The van der Waals surface area contributed by atoms with Gasteiger partial charge in [0, 0.05) is 32.6 Å². The fourth-order valence-corrected chi connectivity index (χ4v) is 2.91. The van der Waals surface area contributed by atoms with Gasteiger partial charge >= 0.3 is 0 Å². The molecule has 0 saturated carbocycles. The molecule has 0 amide bonds. The van der Waals surface area contributed by atoms with Gasteiger partial charge in [0.15, 0.2) is 5.78 Å². The van der Waals surface area contributed by atoms with Gasteiger partial charge in [-0.3, -0.25) is 4.79 Å². The number of ether oxygens (including phenoxy) is 4. The second-order valence-corrected chi connectivity index (χ2v) is 6.75. The minimum Gasteiger partial charge on any atom is -0.472 e. The zero-order valence-corrected chi connectivity index (χ0v) is 17.1. The molecule has 2 heterocycles. The Morgan fingerprint density at radius 1 is 1.29 bits per heavy atom. The van der Waals surface area contributed by atoms with E-state index >= 15 is 0 Å². The Morgan fingerprint density at radius 2 is 2.07 bits per heavy atom. The van der Waals surface area contributed by atoms with E-state index in [-0.39, 0.29) is 19.0 Å². The van der Waals surface area contributed by atoms with Crippen molar-refractivity contribution in [3.8, 4) is 5.88 Å². The van der Waals surface area contributed by atoms with Gasteiger partial charge in [0.25, 0.3) is 5.88 Å². The van der Waals surface area contributed by atoms with Crippen LogP contribution in [0.5, 0.6) is 5.88 Å². The first-order chi connectivity index (χ1) is 13.7. The molecule has 1 atom stereocenters. The molecule has 1 aromatic heterocycles. The summed E-state index contributed by atoms with van der Waals surface area (Å²) in [4.78, 5) is 13.1. The second kappa shape index (κ2) is 13.7. The van der Waals surface area contributed by atoms with Crippen LogP contribution < -0.4 is 15.0 Å². The number of hydrogen-bond donors (Lipinski definition) is 2. The van der Waals surface area contributed by atoms with Gasteiger partial charge in [0.05, 0.1) is 44.8 Å². The Balaban J connectivity index is 1.49. The second-order valence-electron chi connectivity index (χ2n) is 6.22. The summed E-state index contributed by atoms with van der Waals surface area (Å²) in [6, 6.07) is 0. The number of aromatic nitrogens is 2. The van der Waals surface area contributed by atoms with E-state index in [0.29, 0.717) is 64.2 Å². The smallest absolute Gasteiger partial charge is 0.270 e. The maximum Gasteiger partial charge on any atom is 0.270 e. The molecule has 2 N–H and O–H groups in total. The third-order valence-electron chi connectivity index (χ3n) is 4.00. The summed E-state index contributed by atoms with van der Waals surface area (Å²) in [5.41, 5.74) is 0. The number of ketones is 1. The van der Waals surface area contributed by atoms with E-state index in [2.05, 4.69) is 19.0 Å². The number of carbonyl (C=O) groups excluding carboxylic acids is 1. The lowest BCUT2D eigenvalue weighted by atomic mass is 10.3. The van der Waals surface area contributed by atoms with E-state index < -0.39 is 6.10 Å². The molecule has 1 fully saturated rings. The third-order valence-corrected chi connectivity index (χ3v) is 4.50. The Hall–Kier alpha value is -1.37. The van der Waals surface area contributed by atoms with Crippen LogP contribution in [0.15, 0.2) is 0 Å². The molecule has 11 heteroatoms. The van der Waals surface area contributed by atoms with E-state index in [4.69, 9.17) is 18.9 Å². The van der Waals surface area contributed by atoms with Crippen molar-refractivity contribution in [3.63, 3.8) is 0 Å². The normalized spacial score (nSPS) is 15.6. The van der Waals surface area contributed by atoms with Gasteiger partial charge in [-0.1, -0.05) is 6.92 Å². The molecule has 10 nitrogen and oxygen atoms in total. The molecule has 160 valence electrons. The minimum absolute atomic E-state index is 0.0865. The Bertz CT molecular complexity index is 556. The van der Waals surface area contributed by atoms with Crippen LogP contribution in [0.25, 0.3) is 0 Å². The van der Waals surface area contributed by atoms with Crippen molar-refractivity contribution in [2.75, 3.05) is 77.3 Å². The van der Waals surface area contributed by atoms with E-state index in [0.717, 1.165) is 24.8 Å². The van der Waals surface area contributed by atoms with Crippen molar-refractivity contribution in [2.45, 2.75) is 19.4 Å². The highest BCUT2D eigenvalue weighted by Gasteiger charge is 2.20. The predicted molar refractivity (Wildman–Crippen MR) is 104 cm³/mol. The van der Waals surface area contributed by atoms with Gasteiger partial charge < -0.3 is 34.3 Å². The molecule has 0 aliphatic carbocycles. The Morgan fingerprint density at radius 3 is 2.86 bits per heavy atom. The number of nitrogens with one attached hydrogen (secondary N) is 1. The molecule has 1 aliphatic heterocycles. The van der Waals surface area contributed by atoms with Crippen molar-refractivity contribution >= 4 is 23.3 Å². The maximum absolute atomic E-state index is 11.1. The topological polar surface area (TPSA) is 115 Å². The number of carbonyl (C=O) groups is 1. The van der Waals surface area contributed by atoms with Crippen LogP contribution in [0.4, 0.5) is 5.82 Å². The highest BCUT2D eigenvalue weighted by atomic mass is 32.1. The zero-order chi connectivity index (χ0) is 20.0. The van der Waals surface area contributed by atoms with Crippen LogP contribution in [0, 0.1) is 0 Å². The fourth-order valence-electron chi connectivity index (χ4n) is 2.39. The quantitative estimate of drug-likeness (QED) is 0.368. The van der Waals surface area contributed by atoms with Gasteiger partial charge in [-0.2, -0.15) is 4.37 Å². The van der Waals surface area contributed by atoms with Crippen LogP contribution in [0.1, 0.15) is 13.3 Å². The molecule has 1 aromatic rings. The number of hydrogen-bond acceptors (Lipinski definition) is 11. The van der Waals surface area contributed by atoms with E-state index in [9.17, 15) is 9.90 Å². The first kappa shape index (κ1) is 22.9. The molecule has 0 unspecified atom stereocenters. The standard InChI is InChI=1S/C17H30N4O6S/c1-2-14(22)12-26-10-9-24-6-3-18-11-15(23)13-27-17-16(19-28-20-17)21-4-7-25-8-5-21/h15,18,23H,2-13H2,1H3/t15-/m0/s1. The summed E-state index contributed by atoms with van der Waals surface area (Å²) in [6.07, 6.45) is -0.174. The molecule has 0 radical (unpaired) electrons. The van der Waals surface area contributed by atoms with E-state index in [1.807, 2.05) is 6.92 Å². The summed E-state index contributed by atoms with van der Waals surface area (Å²) in [6.45, 7) is 7.24. The summed E-state index contributed by atoms with van der Waals surface area (Å²) < 4.78 is 30.0. The molecular formula is C17H30N4O6S. The van der Waals surface area contributed by atoms with Gasteiger partial charge in [0.2, 0.25) is 5.82 Å². The van der Waals surface area contributed by atoms with Crippen molar-refractivity contribution in [2.24, 2.45) is 0 Å². The number of morpholine rings is 1. The monoisotopic (exact) mass is 418 g/mol. The number of aliphatic hydroxyl groups excluding tert-OH is 1. The average molecular weight is 419 g/mol. The highest BCUT2D eigenvalue weighted by molar-refractivity contribution is 6.99. The van der Waals surface area contributed by atoms with Crippen molar-refractivity contribution in [1.82, 2.24) is 14.1 Å². The predicted octanol–water partition coefficient (Wildman–Crippen LogP) is -0.284. The number of anilines is 1. The van der Waals surface area contributed by atoms with Crippen molar-refractivity contribution in [3.05, 3.63) is 0 Å². The van der Waals surface area contributed by atoms with E-state index in [1.165, 1.54) is 0 Å². The first-order valence-electron chi connectivity index (χ1n) is 9.54. The zero-order valence-electron chi connectivity index (χ0n) is 16.3. The summed E-state index contributed by atoms with van der Waals surface area (Å²) in [5, 5.41) is 13.1. The van der Waals surface area contributed by atoms with Crippen LogP contribution >= 0.6 is 11.7 Å². The fraction of sp³-hybridized carbons (Fsp3) is 0.824. The molecule has 0 spiro atoms. The molecule has 1 saturated heterocycles. The average Bonchev–Trinajstić information content (AvgIpc) is 3.20. The number of nitrogens with zero attached hydrogens (tertiary/aromatic N) is 3. The number of rotatable bonds is 15. The summed E-state index contributed by atoms with van der Waals surface area (Å²) >= 11 is 1.10. The van der Waals surface area contributed by atoms with E-state index in [1.54, 1.807) is 0 Å². The number of Topliss-reactive ketones (excluding diaryl/α,β-unsaturated/α-hetero) is 1.